The van der Waals surface area contributed by atoms with Gasteiger partial charge in [-0.25, -0.2) is 17.5 Å². The fourth-order valence-corrected chi connectivity index (χ4v) is 5.62. The van der Waals surface area contributed by atoms with E-state index >= 15 is 4.39 Å². The third-order valence-corrected chi connectivity index (χ3v) is 8.13. The van der Waals surface area contributed by atoms with Crippen LogP contribution in [0.3, 0.4) is 0 Å². The van der Waals surface area contributed by atoms with Crippen LogP contribution in [0.2, 0.25) is 0 Å². The Bertz CT molecular complexity index is 1460. The van der Waals surface area contributed by atoms with E-state index in [0.29, 0.717) is 37.3 Å². The number of carbonyl (C=O) groups is 1. The molecule has 2 N–H and O–H groups in total. The molecule has 3 aromatic rings. The second-order valence-electron chi connectivity index (χ2n) is 9.65. The molecular weight excluding hydrogens is 550 g/mol. The predicted molar refractivity (Wildman–Crippen MR) is 144 cm³/mol. The number of nitrogens with zero attached hydrogens (tertiary/aromatic N) is 2. The average Bonchev–Trinajstić information content (AvgIpc) is 2.91. The molecule has 1 fully saturated rings. The topological polar surface area (TPSA) is 89.9 Å². The molecule has 214 valence electrons. The van der Waals surface area contributed by atoms with Gasteiger partial charge in [-0.3, -0.25) is 9.69 Å². The Morgan fingerprint density at radius 1 is 0.975 bits per heavy atom. The van der Waals surface area contributed by atoms with Gasteiger partial charge < -0.3 is 10.0 Å². The number of hydrogen-bond acceptors (Lipinski definition) is 6. The van der Waals surface area contributed by atoms with E-state index in [-0.39, 0.29) is 23.2 Å². The minimum absolute atomic E-state index is 0.0104. The number of benzene rings is 3. The van der Waals surface area contributed by atoms with E-state index in [4.69, 9.17) is 0 Å². The van der Waals surface area contributed by atoms with Crippen molar-refractivity contribution in [3.05, 3.63) is 83.7 Å². The van der Waals surface area contributed by atoms with Crippen LogP contribution < -0.4 is 9.62 Å². The molecule has 1 aliphatic heterocycles. The molecule has 0 aromatic heterocycles. The second kappa shape index (κ2) is 11.8. The fraction of sp³-hybridized carbons (Fsp3) is 0.321. The number of carbonyl (C=O) groups excluding carboxylic acids is 1. The highest BCUT2D eigenvalue weighted by atomic mass is 32.2. The Morgan fingerprint density at radius 2 is 1.62 bits per heavy atom. The molecule has 4 rings (SSSR count). The van der Waals surface area contributed by atoms with Crippen molar-refractivity contribution in [2.45, 2.75) is 25.6 Å². The molecule has 1 aliphatic rings. The smallest absolute Gasteiger partial charge is 0.390 e. The van der Waals surface area contributed by atoms with Crippen LogP contribution in [0.15, 0.2) is 66.7 Å². The van der Waals surface area contributed by atoms with Crippen LogP contribution in [0.4, 0.5) is 23.2 Å². The van der Waals surface area contributed by atoms with Crippen molar-refractivity contribution in [1.29, 1.82) is 0 Å². The summed E-state index contributed by atoms with van der Waals surface area (Å²) < 4.78 is 77.3. The molecule has 3 aromatic carbocycles. The number of nitrogens with one attached hydrogen (secondary N) is 1. The Morgan fingerprint density at radius 3 is 2.23 bits per heavy atom. The number of amides is 1. The molecule has 7 nitrogen and oxygen atoms in total. The van der Waals surface area contributed by atoms with Gasteiger partial charge in [0.15, 0.2) is 0 Å². The van der Waals surface area contributed by atoms with Gasteiger partial charge in [0.2, 0.25) is 10.0 Å². The fourth-order valence-electron chi connectivity index (χ4n) is 4.62. The first-order chi connectivity index (χ1) is 18.8. The number of phenols is 1. The lowest BCUT2D eigenvalue weighted by molar-refractivity contribution is -0.130. The van der Waals surface area contributed by atoms with Gasteiger partial charge in [-0.05, 0) is 60.5 Å². The van der Waals surface area contributed by atoms with E-state index in [1.807, 2.05) is 13.0 Å². The normalized spacial score (nSPS) is 15.6. The summed E-state index contributed by atoms with van der Waals surface area (Å²) in [7, 11) is -4.42. The molecule has 0 saturated carbocycles. The van der Waals surface area contributed by atoms with Crippen molar-refractivity contribution >= 4 is 21.6 Å². The maximum atomic E-state index is 15.1. The third-order valence-electron chi connectivity index (χ3n) is 6.89. The molecule has 1 saturated heterocycles. The summed E-state index contributed by atoms with van der Waals surface area (Å²) in [5.41, 5.74) is 2.77. The first kappa shape index (κ1) is 29.3. The van der Waals surface area contributed by atoms with E-state index in [1.54, 1.807) is 47.2 Å². The Kier molecular flexibility index (Phi) is 8.69. The average molecular weight is 580 g/mol. The van der Waals surface area contributed by atoms with Crippen LogP contribution in [0.1, 0.15) is 35.3 Å². The highest BCUT2D eigenvalue weighted by molar-refractivity contribution is 7.90. The molecule has 0 radical (unpaired) electrons. The van der Waals surface area contributed by atoms with Gasteiger partial charge in [-0.1, -0.05) is 24.3 Å². The van der Waals surface area contributed by atoms with Crippen LogP contribution in [-0.4, -0.2) is 62.4 Å². The van der Waals surface area contributed by atoms with Crippen molar-refractivity contribution in [1.82, 2.24) is 9.62 Å². The Balaban J connectivity index is 1.33. The van der Waals surface area contributed by atoms with Crippen molar-refractivity contribution in [3.8, 4) is 16.9 Å². The number of anilines is 1. The highest BCUT2D eigenvalue weighted by Crippen LogP contribution is 2.30. The van der Waals surface area contributed by atoms with Gasteiger partial charge in [0, 0.05) is 49.0 Å². The monoisotopic (exact) mass is 579 g/mol. The zero-order valence-electron chi connectivity index (χ0n) is 21.7. The van der Waals surface area contributed by atoms with Crippen LogP contribution in [0.25, 0.3) is 11.1 Å². The molecule has 0 spiro atoms. The maximum Gasteiger partial charge on any atom is 0.390 e. The molecule has 12 heteroatoms. The summed E-state index contributed by atoms with van der Waals surface area (Å²) in [4.78, 5) is 16.5. The zero-order valence-corrected chi connectivity index (χ0v) is 22.5. The number of rotatable bonds is 8. The summed E-state index contributed by atoms with van der Waals surface area (Å²) in [6.45, 7) is 4.50. The summed E-state index contributed by atoms with van der Waals surface area (Å²) in [5, 5.41) is 9.70. The van der Waals surface area contributed by atoms with E-state index < -0.39 is 34.3 Å². The molecule has 0 aliphatic carbocycles. The van der Waals surface area contributed by atoms with E-state index in [0.717, 1.165) is 11.3 Å². The quantitative estimate of drug-likeness (QED) is 0.362. The Hall–Kier alpha value is -3.64. The first-order valence-corrected chi connectivity index (χ1v) is 14.3. The van der Waals surface area contributed by atoms with Crippen molar-refractivity contribution in [2.75, 3.05) is 36.8 Å². The largest absolute Gasteiger partial charge is 0.508 e. The summed E-state index contributed by atoms with van der Waals surface area (Å²) in [6.07, 6.45) is -6.19. The van der Waals surface area contributed by atoms with Crippen LogP contribution in [-0.2, 0) is 10.0 Å². The van der Waals surface area contributed by atoms with Crippen LogP contribution >= 0.6 is 0 Å². The number of hydrogen-bond donors (Lipinski definition) is 2. The number of alkyl halides is 3. The van der Waals surface area contributed by atoms with Crippen molar-refractivity contribution < 1.29 is 35.9 Å². The van der Waals surface area contributed by atoms with Gasteiger partial charge in [0.1, 0.15) is 11.6 Å². The summed E-state index contributed by atoms with van der Waals surface area (Å²) in [6, 6.07) is 17.7. The van der Waals surface area contributed by atoms with Crippen molar-refractivity contribution in [2.24, 2.45) is 0 Å². The van der Waals surface area contributed by atoms with Crippen LogP contribution in [0.5, 0.6) is 5.75 Å². The van der Waals surface area contributed by atoms with E-state index in [9.17, 15) is 31.5 Å². The highest BCUT2D eigenvalue weighted by Gasteiger charge is 2.31. The molecule has 0 bridgehead atoms. The lowest BCUT2D eigenvalue weighted by Gasteiger charge is -2.39. The van der Waals surface area contributed by atoms with Gasteiger partial charge >= 0.3 is 6.18 Å². The number of halogens is 4. The SMILES string of the molecule is CC(c1ccc(-c2cccc(O)c2)cc1F)N1CCN(c2ccc(C(=O)NS(=O)(=O)CCC(F)(F)F)cc2)CC1. The van der Waals surface area contributed by atoms with Gasteiger partial charge in [-0.2, -0.15) is 13.2 Å². The number of aromatic hydroxyl groups is 1. The lowest BCUT2D eigenvalue weighted by Crippen LogP contribution is -2.47. The number of piperazine rings is 1. The summed E-state index contributed by atoms with van der Waals surface area (Å²) in [5.74, 6) is -2.44. The molecule has 1 amide bonds. The predicted octanol–water partition coefficient (Wildman–Crippen LogP) is 5.09. The molecule has 1 unspecified atom stereocenters. The first-order valence-electron chi connectivity index (χ1n) is 12.6. The molecular formula is C28H29F4N3O4S. The summed E-state index contributed by atoms with van der Waals surface area (Å²) >= 11 is 0. The lowest BCUT2D eigenvalue weighted by atomic mass is 9.99. The Labute approximate surface area is 230 Å². The minimum atomic E-state index is -4.64. The number of phenolic OH excluding ortho intramolecular Hbond substituents is 1. The van der Waals surface area contributed by atoms with E-state index in [1.165, 1.54) is 18.2 Å². The van der Waals surface area contributed by atoms with Gasteiger partial charge in [0.05, 0.1) is 12.2 Å². The molecule has 1 atom stereocenters. The van der Waals surface area contributed by atoms with E-state index in [2.05, 4.69) is 9.80 Å². The zero-order chi connectivity index (χ0) is 29.1. The number of sulfonamides is 1. The minimum Gasteiger partial charge on any atom is -0.508 e. The standard InChI is InChI=1S/C28H29F4N3O4S/c1-19(25-10-7-22(18-26(25)29)21-3-2-4-24(36)17-21)34-12-14-35(15-13-34)23-8-5-20(6-9-23)27(37)33-40(38,39)16-11-28(30,31)32/h2-10,17-19,36H,11-16H2,1H3,(H,33,37). The van der Waals surface area contributed by atoms with Gasteiger partial charge in [0.25, 0.3) is 5.91 Å². The second-order valence-corrected chi connectivity index (χ2v) is 11.5. The third kappa shape index (κ3) is 7.51. The molecule has 1 heterocycles. The van der Waals surface area contributed by atoms with Gasteiger partial charge in [-0.15, -0.1) is 0 Å². The van der Waals surface area contributed by atoms with Crippen LogP contribution in [0, 0.1) is 5.82 Å². The van der Waals surface area contributed by atoms with Crippen molar-refractivity contribution in [3.63, 3.8) is 0 Å². The molecule has 40 heavy (non-hydrogen) atoms. The maximum absolute atomic E-state index is 15.1.